The third kappa shape index (κ3) is 3.41. The number of benzene rings is 1. The summed E-state index contributed by atoms with van der Waals surface area (Å²) in [4.78, 5) is 0. The average molecular weight is 295 g/mol. The summed E-state index contributed by atoms with van der Waals surface area (Å²) >= 11 is 4.07. The fourth-order valence-corrected chi connectivity index (χ4v) is 5.26. The Morgan fingerprint density at radius 3 is 2.47 bits per heavy atom. The fraction of sp³-hybridized carbons (Fsp3) is 0.600. The molecule has 0 aromatic heterocycles. The first-order chi connectivity index (χ1) is 9.24. The Bertz CT molecular complexity index is 419. The molecule has 0 amide bonds. The second-order valence-electron chi connectivity index (χ2n) is 5.32. The Labute approximate surface area is 123 Å². The highest BCUT2D eigenvalue weighted by Crippen LogP contribution is 2.38. The first-order valence-electron chi connectivity index (χ1n) is 6.99. The third-order valence-corrected chi connectivity index (χ3v) is 6.90. The van der Waals surface area contributed by atoms with Gasteiger partial charge in [0.25, 0.3) is 0 Å². The largest absolute Gasteiger partial charge is 0.490 e. The van der Waals surface area contributed by atoms with Crippen molar-refractivity contribution in [3.8, 4) is 5.75 Å². The van der Waals surface area contributed by atoms with E-state index >= 15 is 0 Å². The molecule has 0 radical (unpaired) electrons. The van der Waals surface area contributed by atoms with Gasteiger partial charge >= 0.3 is 0 Å². The summed E-state index contributed by atoms with van der Waals surface area (Å²) in [5, 5.41) is 1.16. The fourth-order valence-electron chi connectivity index (χ4n) is 2.38. The third-order valence-electron chi connectivity index (χ3n) is 3.68. The number of rotatable bonds is 4. The van der Waals surface area contributed by atoms with E-state index in [2.05, 4.69) is 31.2 Å². The molecule has 2 fully saturated rings. The molecule has 104 valence electrons. The van der Waals surface area contributed by atoms with E-state index < -0.39 is 0 Å². The highest BCUT2D eigenvalue weighted by Gasteiger charge is 2.29. The van der Waals surface area contributed by atoms with E-state index in [4.69, 9.17) is 10.5 Å². The Balaban J connectivity index is 1.66. The van der Waals surface area contributed by atoms with Crippen molar-refractivity contribution < 1.29 is 4.74 Å². The first-order valence-corrected chi connectivity index (χ1v) is 9.09. The minimum atomic E-state index is 0.128. The quantitative estimate of drug-likeness (QED) is 0.922. The normalized spacial score (nSPS) is 28.9. The van der Waals surface area contributed by atoms with Gasteiger partial charge in [0.05, 0.1) is 6.10 Å². The van der Waals surface area contributed by atoms with Gasteiger partial charge in [-0.2, -0.15) is 23.5 Å². The second kappa shape index (κ2) is 5.98. The van der Waals surface area contributed by atoms with Gasteiger partial charge in [-0.3, -0.25) is 0 Å². The van der Waals surface area contributed by atoms with E-state index in [1.165, 1.54) is 29.9 Å². The van der Waals surface area contributed by atoms with Crippen LogP contribution < -0.4 is 10.5 Å². The summed E-state index contributed by atoms with van der Waals surface area (Å²) in [6, 6.07) is 8.53. The second-order valence-corrected chi connectivity index (χ2v) is 8.09. The molecule has 2 N–H and O–H groups in total. The lowest BCUT2D eigenvalue weighted by atomic mass is 10.0. The maximum atomic E-state index is 6.45. The SMILES string of the molecule is CC1SCCSC1C(N)c1ccc(OC2CC2)cc1. The Kier molecular flexibility index (Phi) is 4.30. The average Bonchev–Trinajstić information content (AvgIpc) is 3.23. The molecular weight excluding hydrogens is 274 g/mol. The summed E-state index contributed by atoms with van der Waals surface area (Å²) in [6.07, 6.45) is 2.87. The van der Waals surface area contributed by atoms with E-state index in [1.54, 1.807) is 0 Å². The highest BCUT2D eigenvalue weighted by molar-refractivity contribution is 8.07. The number of hydrogen-bond donors (Lipinski definition) is 1. The number of nitrogens with two attached hydrogens (primary N) is 1. The van der Waals surface area contributed by atoms with Gasteiger partial charge in [-0.25, -0.2) is 0 Å². The van der Waals surface area contributed by atoms with Gasteiger partial charge < -0.3 is 10.5 Å². The number of hydrogen-bond acceptors (Lipinski definition) is 4. The zero-order chi connectivity index (χ0) is 13.2. The molecule has 1 aliphatic heterocycles. The maximum Gasteiger partial charge on any atom is 0.119 e. The molecule has 3 unspecified atom stereocenters. The monoisotopic (exact) mass is 295 g/mol. The minimum Gasteiger partial charge on any atom is -0.490 e. The summed E-state index contributed by atoms with van der Waals surface area (Å²) in [5.74, 6) is 3.46. The van der Waals surface area contributed by atoms with Crippen molar-refractivity contribution in [3.05, 3.63) is 29.8 Å². The zero-order valence-electron chi connectivity index (χ0n) is 11.2. The predicted octanol–water partition coefficient (Wildman–Crippen LogP) is 3.46. The van der Waals surface area contributed by atoms with Crippen molar-refractivity contribution >= 4 is 23.5 Å². The molecule has 1 aromatic carbocycles. The van der Waals surface area contributed by atoms with Crippen molar-refractivity contribution in [2.24, 2.45) is 5.73 Å². The number of thioether (sulfide) groups is 2. The Morgan fingerprint density at radius 1 is 1.16 bits per heavy atom. The van der Waals surface area contributed by atoms with Gasteiger partial charge in [-0.05, 0) is 30.5 Å². The van der Waals surface area contributed by atoms with E-state index in [1.807, 2.05) is 23.5 Å². The molecule has 2 nitrogen and oxygen atoms in total. The molecule has 1 aliphatic carbocycles. The van der Waals surface area contributed by atoms with Crippen molar-refractivity contribution in [3.63, 3.8) is 0 Å². The van der Waals surface area contributed by atoms with Crippen molar-refractivity contribution in [1.29, 1.82) is 0 Å². The molecule has 1 heterocycles. The molecule has 1 saturated carbocycles. The zero-order valence-corrected chi connectivity index (χ0v) is 12.9. The van der Waals surface area contributed by atoms with Crippen LogP contribution in [-0.2, 0) is 0 Å². The van der Waals surface area contributed by atoms with E-state index in [9.17, 15) is 0 Å². The smallest absolute Gasteiger partial charge is 0.119 e. The molecule has 0 spiro atoms. The van der Waals surface area contributed by atoms with Crippen LogP contribution in [-0.4, -0.2) is 28.1 Å². The molecule has 1 aromatic rings. The van der Waals surface area contributed by atoms with Crippen LogP contribution >= 0.6 is 23.5 Å². The topological polar surface area (TPSA) is 35.2 Å². The van der Waals surface area contributed by atoms with Gasteiger partial charge in [0.15, 0.2) is 0 Å². The van der Waals surface area contributed by atoms with Gasteiger partial charge in [-0.1, -0.05) is 19.1 Å². The molecule has 3 atom stereocenters. The van der Waals surface area contributed by atoms with Crippen molar-refractivity contribution in [2.45, 2.75) is 42.4 Å². The minimum absolute atomic E-state index is 0.128. The summed E-state index contributed by atoms with van der Waals surface area (Å²) in [5.41, 5.74) is 7.68. The molecule has 19 heavy (non-hydrogen) atoms. The van der Waals surface area contributed by atoms with E-state index in [0.29, 0.717) is 16.6 Å². The Morgan fingerprint density at radius 2 is 1.84 bits per heavy atom. The lowest BCUT2D eigenvalue weighted by Gasteiger charge is -2.32. The van der Waals surface area contributed by atoms with E-state index in [-0.39, 0.29) is 6.04 Å². The van der Waals surface area contributed by atoms with Gasteiger partial charge in [-0.15, -0.1) is 0 Å². The van der Waals surface area contributed by atoms with Gasteiger partial charge in [0.1, 0.15) is 5.75 Å². The molecule has 4 heteroatoms. The van der Waals surface area contributed by atoms with Crippen LogP contribution in [0, 0.1) is 0 Å². The van der Waals surface area contributed by atoms with Crippen LogP contribution in [0.25, 0.3) is 0 Å². The van der Waals surface area contributed by atoms with Crippen molar-refractivity contribution in [1.82, 2.24) is 0 Å². The summed E-state index contributed by atoms with van der Waals surface area (Å²) in [7, 11) is 0. The molecule has 0 bridgehead atoms. The van der Waals surface area contributed by atoms with Gasteiger partial charge in [0, 0.05) is 28.0 Å². The molecule has 1 saturated heterocycles. The predicted molar refractivity (Wildman–Crippen MR) is 85.2 cm³/mol. The van der Waals surface area contributed by atoms with Crippen LogP contribution in [0.15, 0.2) is 24.3 Å². The lowest BCUT2D eigenvalue weighted by Crippen LogP contribution is -2.34. The van der Waals surface area contributed by atoms with Gasteiger partial charge in [0.2, 0.25) is 0 Å². The van der Waals surface area contributed by atoms with Crippen LogP contribution in [0.1, 0.15) is 31.4 Å². The highest BCUT2D eigenvalue weighted by atomic mass is 32.2. The molecule has 2 aliphatic rings. The molecule has 3 rings (SSSR count). The standard InChI is InChI=1S/C15H21NOS2/c1-10-15(19-9-8-18-10)14(16)11-2-4-12(5-3-11)17-13-6-7-13/h2-5,10,13-15H,6-9,16H2,1H3. The van der Waals surface area contributed by atoms with Crippen molar-refractivity contribution in [2.75, 3.05) is 11.5 Å². The summed E-state index contributed by atoms with van der Waals surface area (Å²) < 4.78 is 5.78. The molecular formula is C15H21NOS2. The maximum absolute atomic E-state index is 6.45. The van der Waals surface area contributed by atoms with Crippen LogP contribution in [0.3, 0.4) is 0 Å². The van der Waals surface area contributed by atoms with Crippen LogP contribution in [0.2, 0.25) is 0 Å². The first kappa shape index (κ1) is 13.7. The number of ether oxygens (including phenoxy) is 1. The summed E-state index contributed by atoms with van der Waals surface area (Å²) in [6.45, 7) is 2.30. The van der Waals surface area contributed by atoms with E-state index in [0.717, 1.165) is 5.75 Å². The van der Waals surface area contributed by atoms with Crippen LogP contribution in [0.5, 0.6) is 5.75 Å². The Hall–Kier alpha value is -0.320. The lowest BCUT2D eigenvalue weighted by molar-refractivity contribution is 0.303. The van der Waals surface area contributed by atoms with Crippen LogP contribution in [0.4, 0.5) is 0 Å².